The van der Waals surface area contributed by atoms with Crippen molar-refractivity contribution in [1.29, 1.82) is 5.26 Å². The van der Waals surface area contributed by atoms with Gasteiger partial charge in [-0.2, -0.15) is 10.4 Å². The van der Waals surface area contributed by atoms with Gasteiger partial charge in [0.25, 0.3) is 0 Å². The predicted molar refractivity (Wildman–Crippen MR) is 122 cm³/mol. The van der Waals surface area contributed by atoms with E-state index >= 15 is 0 Å². The van der Waals surface area contributed by atoms with Crippen LogP contribution in [0, 0.1) is 58.2 Å². The summed E-state index contributed by atoms with van der Waals surface area (Å²) in [6.07, 6.45) is 18.4. The van der Waals surface area contributed by atoms with Gasteiger partial charge in [-0.15, -0.1) is 0 Å². The minimum atomic E-state index is -0.362. The fraction of sp³-hybridized carbons (Fsp3) is 0.852. The molecule has 1 heterocycles. The first kappa shape index (κ1) is 21.5. The second-order valence-corrected chi connectivity index (χ2v) is 11.8. The lowest BCUT2D eigenvalue weighted by molar-refractivity contribution is -0.0865. The van der Waals surface area contributed by atoms with Crippen molar-refractivity contribution < 1.29 is 5.11 Å². The molecule has 0 spiro atoms. The van der Waals surface area contributed by atoms with E-state index in [-0.39, 0.29) is 11.5 Å². The third kappa shape index (κ3) is 3.75. The smallest absolute Gasteiger partial charge is 0.102 e. The molecule has 4 aliphatic carbocycles. The van der Waals surface area contributed by atoms with Crippen LogP contribution in [0.25, 0.3) is 0 Å². The molecule has 0 bridgehead atoms. The van der Waals surface area contributed by atoms with E-state index in [1.165, 1.54) is 64.2 Å². The van der Waals surface area contributed by atoms with Crippen LogP contribution in [0.3, 0.4) is 0 Å². The lowest BCUT2D eigenvalue weighted by Gasteiger charge is -2.56. The molecule has 4 saturated carbocycles. The summed E-state index contributed by atoms with van der Waals surface area (Å²) in [4.78, 5) is 0. The molecule has 4 aliphatic rings. The lowest BCUT2D eigenvalue weighted by Crippen LogP contribution is -2.50. The number of hydrogen-bond acceptors (Lipinski definition) is 3. The van der Waals surface area contributed by atoms with Gasteiger partial charge in [0, 0.05) is 6.20 Å². The Balaban J connectivity index is 1.27. The molecule has 4 heteroatoms. The van der Waals surface area contributed by atoms with Gasteiger partial charge in [0.05, 0.1) is 24.4 Å². The maximum Gasteiger partial charge on any atom is 0.102 e. The van der Waals surface area contributed by atoms with E-state index in [0.29, 0.717) is 18.0 Å². The normalized spacial score (nSPS) is 42.8. The van der Waals surface area contributed by atoms with E-state index in [1.807, 2.05) is 0 Å². The van der Waals surface area contributed by atoms with Crippen LogP contribution in [0.4, 0.5) is 0 Å². The van der Waals surface area contributed by atoms with Gasteiger partial charge in [-0.05, 0) is 98.2 Å². The fourth-order valence-corrected chi connectivity index (χ4v) is 9.13. The summed E-state index contributed by atoms with van der Waals surface area (Å²) >= 11 is 0. The Bertz CT molecular complexity index is 812. The summed E-state index contributed by atoms with van der Waals surface area (Å²) in [5, 5.41) is 24.6. The quantitative estimate of drug-likeness (QED) is 0.651. The Morgan fingerprint density at radius 2 is 2.00 bits per heavy atom. The summed E-state index contributed by atoms with van der Waals surface area (Å²) in [5.74, 6) is 6.03. The van der Waals surface area contributed by atoms with Crippen LogP contribution in [-0.4, -0.2) is 21.0 Å². The number of nitrogens with zero attached hydrogens (tertiary/aromatic N) is 3. The molecule has 0 aromatic carbocycles. The lowest BCUT2D eigenvalue weighted by atomic mass is 9.49. The number of aliphatic hydroxyl groups is 1. The molecule has 0 amide bonds. The average molecular weight is 424 g/mol. The van der Waals surface area contributed by atoms with Crippen molar-refractivity contribution in [3.8, 4) is 6.07 Å². The Labute approximate surface area is 188 Å². The number of aliphatic hydroxyl groups excluding tert-OH is 1. The molecule has 0 saturated heterocycles. The van der Waals surface area contributed by atoms with Gasteiger partial charge in [0.15, 0.2) is 0 Å². The topological polar surface area (TPSA) is 61.8 Å². The first-order chi connectivity index (χ1) is 15.0. The number of hydrogen-bond donors (Lipinski definition) is 1. The molecule has 4 fully saturated rings. The van der Waals surface area contributed by atoms with Crippen LogP contribution < -0.4 is 0 Å². The maximum absolute atomic E-state index is 11.2. The van der Waals surface area contributed by atoms with Crippen molar-refractivity contribution in [1.82, 2.24) is 9.78 Å². The van der Waals surface area contributed by atoms with Crippen LogP contribution in [-0.2, 0) is 6.54 Å². The number of rotatable bonds is 5. The highest BCUT2D eigenvalue weighted by atomic mass is 16.3. The second kappa shape index (κ2) is 8.54. The minimum absolute atomic E-state index is 0.276. The first-order valence-electron chi connectivity index (χ1n) is 13.1. The zero-order chi connectivity index (χ0) is 21.6. The molecule has 1 aromatic rings. The second-order valence-electron chi connectivity index (χ2n) is 11.8. The molecular weight excluding hydrogens is 382 g/mol. The Morgan fingerprint density at radius 3 is 2.77 bits per heavy atom. The van der Waals surface area contributed by atoms with Crippen LogP contribution >= 0.6 is 0 Å². The molecule has 0 aliphatic heterocycles. The summed E-state index contributed by atoms with van der Waals surface area (Å²) in [6, 6.07) is 2.14. The highest BCUT2D eigenvalue weighted by Gasteiger charge is 2.58. The van der Waals surface area contributed by atoms with Crippen molar-refractivity contribution >= 4 is 0 Å². The first-order valence-corrected chi connectivity index (χ1v) is 13.1. The van der Waals surface area contributed by atoms with Gasteiger partial charge in [0.2, 0.25) is 0 Å². The Hall–Kier alpha value is -1.34. The van der Waals surface area contributed by atoms with Gasteiger partial charge in [-0.25, -0.2) is 0 Å². The molecule has 1 N–H and O–H groups in total. The third-order valence-corrected chi connectivity index (χ3v) is 10.4. The zero-order valence-corrected chi connectivity index (χ0v) is 19.5. The maximum atomic E-state index is 11.2. The average Bonchev–Trinajstić information content (AvgIpc) is 3.37. The Kier molecular flexibility index (Phi) is 5.93. The monoisotopic (exact) mass is 423 g/mol. The molecule has 0 radical (unpaired) electrons. The van der Waals surface area contributed by atoms with E-state index in [1.54, 1.807) is 17.1 Å². The third-order valence-electron chi connectivity index (χ3n) is 10.4. The summed E-state index contributed by atoms with van der Waals surface area (Å²) in [6.45, 7) is 5.37. The van der Waals surface area contributed by atoms with Gasteiger partial charge in [-0.3, -0.25) is 4.68 Å². The largest absolute Gasteiger partial charge is 0.391 e. The van der Waals surface area contributed by atoms with Crippen molar-refractivity contribution in [3.05, 3.63) is 18.0 Å². The van der Waals surface area contributed by atoms with E-state index in [0.717, 1.165) is 41.9 Å². The molecular formula is C27H41N3O. The highest BCUT2D eigenvalue weighted by molar-refractivity contribution is 5.21. The summed E-state index contributed by atoms with van der Waals surface area (Å²) in [5.41, 5.74) is 0.853. The van der Waals surface area contributed by atoms with Crippen LogP contribution in [0.15, 0.2) is 12.4 Å². The van der Waals surface area contributed by atoms with E-state index in [9.17, 15) is 5.11 Å². The molecule has 31 heavy (non-hydrogen) atoms. The van der Waals surface area contributed by atoms with Gasteiger partial charge >= 0.3 is 0 Å². The van der Waals surface area contributed by atoms with E-state index in [2.05, 4.69) is 25.0 Å². The molecule has 9 atom stereocenters. The standard InChI is InChI=1S/C27H41N3O/c1-3-4-18-5-7-21-20(13-18)6-8-23-22(21)11-12-27(2)24(23)9-10-25(27)26(31)17-30-16-19(14-28)15-29-30/h15-16,18,20-26,31H,3-13,17H2,1-2H3/t18?,20?,21?,22?,23?,24?,25-,26-,27?/m1/s1. The SMILES string of the molecule is CCCC1CCC2C(CCC3C2CCC2(C)C3CC[C@@H]2[C@H](O)Cn2cc(C#N)cn2)C1. The van der Waals surface area contributed by atoms with Crippen molar-refractivity contribution in [2.45, 2.75) is 97.1 Å². The molecule has 5 rings (SSSR count). The van der Waals surface area contributed by atoms with E-state index < -0.39 is 0 Å². The van der Waals surface area contributed by atoms with Gasteiger partial charge < -0.3 is 5.11 Å². The highest BCUT2D eigenvalue weighted by Crippen LogP contribution is 2.65. The molecule has 4 nitrogen and oxygen atoms in total. The van der Waals surface area contributed by atoms with E-state index in [4.69, 9.17) is 5.26 Å². The summed E-state index contributed by atoms with van der Waals surface area (Å²) < 4.78 is 1.77. The predicted octanol–water partition coefficient (Wildman–Crippen LogP) is 5.80. The fourth-order valence-electron chi connectivity index (χ4n) is 9.13. The zero-order valence-electron chi connectivity index (χ0n) is 19.5. The minimum Gasteiger partial charge on any atom is -0.391 e. The van der Waals surface area contributed by atoms with Gasteiger partial charge in [0.1, 0.15) is 6.07 Å². The number of fused-ring (bicyclic) bond motifs is 5. The number of nitriles is 1. The summed E-state index contributed by atoms with van der Waals surface area (Å²) in [7, 11) is 0. The number of aromatic nitrogens is 2. The Morgan fingerprint density at radius 1 is 1.16 bits per heavy atom. The van der Waals surface area contributed by atoms with Crippen molar-refractivity contribution in [3.63, 3.8) is 0 Å². The molecule has 1 aromatic heterocycles. The van der Waals surface area contributed by atoms with Crippen LogP contribution in [0.2, 0.25) is 0 Å². The van der Waals surface area contributed by atoms with Crippen LogP contribution in [0.1, 0.15) is 90.0 Å². The van der Waals surface area contributed by atoms with Crippen molar-refractivity contribution in [2.75, 3.05) is 0 Å². The molecule has 7 unspecified atom stereocenters. The van der Waals surface area contributed by atoms with Gasteiger partial charge in [-0.1, -0.05) is 33.1 Å². The molecule has 170 valence electrons. The van der Waals surface area contributed by atoms with Crippen LogP contribution in [0.5, 0.6) is 0 Å². The van der Waals surface area contributed by atoms with Crippen molar-refractivity contribution in [2.24, 2.45) is 46.8 Å².